The second kappa shape index (κ2) is 6.32. The Labute approximate surface area is 156 Å². The fourth-order valence-corrected chi connectivity index (χ4v) is 3.53. The number of aliphatic imine (C=N–C) groups is 1. The lowest BCUT2D eigenvalue weighted by Crippen LogP contribution is -1.98. The Balaban J connectivity index is 1.58. The summed E-state index contributed by atoms with van der Waals surface area (Å²) in [7, 11) is 0. The van der Waals surface area contributed by atoms with Crippen molar-refractivity contribution in [2.75, 3.05) is 0 Å². The number of nitrogens with zero attached hydrogens (tertiary/aromatic N) is 3. The van der Waals surface area contributed by atoms with Crippen LogP contribution in [0.5, 0.6) is 0 Å². The van der Waals surface area contributed by atoms with Crippen molar-refractivity contribution in [3.8, 4) is 5.69 Å². The monoisotopic (exact) mass is 353 g/mol. The van der Waals surface area contributed by atoms with E-state index in [1.54, 1.807) is 12.1 Å². The first-order chi connectivity index (χ1) is 13.3. The molecule has 3 nitrogen and oxygen atoms in total. The SMILES string of the molecule is Fc1ccc(C2N=CC=C2c2ccc3ncn(-c4ccccc4)c3c2)cc1. The highest BCUT2D eigenvalue weighted by molar-refractivity contribution is 5.94. The molecule has 1 aliphatic heterocycles. The third-order valence-corrected chi connectivity index (χ3v) is 4.88. The van der Waals surface area contributed by atoms with E-state index in [4.69, 9.17) is 0 Å². The molecule has 1 aliphatic rings. The molecule has 0 spiro atoms. The number of fused-ring (bicyclic) bond motifs is 1. The average molecular weight is 353 g/mol. The minimum absolute atomic E-state index is 0.115. The van der Waals surface area contributed by atoms with Gasteiger partial charge in [-0.15, -0.1) is 0 Å². The first kappa shape index (κ1) is 15.7. The largest absolute Gasteiger partial charge is 0.299 e. The first-order valence-corrected chi connectivity index (χ1v) is 8.81. The van der Waals surface area contributed by atoms with Gasteiger partial charge in [0.15, 0.2) is 0 Å². The molecule has 0 amide bonds. The zero-order valence-corrected chi connectivity index (χ0v) is 14.5. The molecule has 0 saturated heterocycles. The molecule has 0 fully saturated rings. The number of hydrogen-bond donors (Lipinski definition) is 0. The normalized spacial score (nSPS) is 16.0. The van der Waals surface area contributed by atoms with E-state index in [0.717, 1.165) is 33.4 Å². The molecule has 0 saturated carbocycles. The molecule has 4 aromatic rings. The summed E-state index contributed by atoms with van der Waals surface area (Å²) in [5.74, 6) is -0.237. The summed E-state index contributed by atoms with van der Waals surface area (Å²) < 4.78 is 15.4. The number of halogens is 1. The number of aromatic nitrogens is 2. The molecule has 0 bridgehead atoms. The Morgan fingerprint density at radius 1 is 0.889 bits per heavy atom. The molecule has 1 atom stereocenters. The molecule has 4 heteroatoms. The third kappa shape index (κ3) is 2.75. The Kier molecular flexibility index (Phi) is 3.68. The van der Waals surface area contributed by atoms with Gasteiger partial charge in [0.1, 0.15) is 18.2 Å². The molecule has 5 rings (SSSR count). The Morgan fingerprint density at radius 2 is 1.70 bits per heavy atom. The van der Waals surface area contributed by atoms with Crippen LogP contribution in [0.4, 0.5) is 4.39 Å². The van der Waals surface area contributed by atoms with Gasteiger partial charge < -0.3 is 0 Å². The van der Waals surface area contributed by atoms with Gasteiger partial charge in [-0.25, -0.2) is 9.37 Å². The second-order valence-electron chi connectivity index (χ2n) is 6.53. The lowest BCUT2D eigenvalue weighted by molar-refractivity contribution is 0.626. The van der Waals surface area contributed by atoms with E-state index in [1.807, 2.05) is 42.9 Å². The maximum Gasteiger partial charge on any atom is 0.123 e. The Morgan fingerprint density at radius 3 is 2.52 bits per heavy atom. The maximum absolute atomic E-state index is 13.3. The van der Waals surface area contributed by atoms with Gasteiger partial charge in [0.25, 0.3) is 0 Å². The highest BCUT2D eigenvalue weighted by Crippen LogP contribution is 2.37. The van der Waals surface area contributed by atoms with Gasteiger partial charge in [-0.1, -0.05) is 36.4 Å². The number of hydrogen-bond acceptors (Lipinski definition) is 2. The number of rotatable bonds is 3. The fraction of sp³-hybridized carbons (Fsp3) is 0.0435. The van der Waals surface area contributed by atoms with Crippen LogP contribution in [0.1, 0.15) is 17.2 Å². The van der Waals surface area contributed by atoms with Crippen molar-refractivity contribution < 1.29 is 4.39 Å². The Bertz CT molecular complexity index is 1170. The minimum atomic E-state index is -0.237. The minimum Gasteiger partial charge on any atom is -0.299 e. The fourth-order valence-electron chi connectivity index (χ4n) is 3.53. The summed E-state index contributed by atoms with van der Waals surface area (Å²) >= 11 is 0. The number of benzene rings is 3. The van der Waals surface area contributed by atoms with Crippen LogP contribution in [0, 0.1) is 5.82 Å². The van der Waals surface area contributed by atoms with Crippen LogP contribution in [0.2, 0.25) is 0 Å². The molecule has 3 aromatic carbocycles. The van der Waals surface area contributed by atoms with Gasteiger partial charge in [-0.05, 0) is 59.2 Å². The first-order valence-electron chi connectivity index (χ1n) is 8.81. The third-order valence-electron chi connectivity index (χ3n) is 4.88. The summed E-state index contributed by atoms with van der Waals surface area (Å²) in [6.07, 6.45) is 5.70. The van der Waals surface area contributed by atoms with Crippen molar-refractivity contribution in [3.05, 3.63) is 102 Å². The quantitative estimate of drug-likeness (QED) is 0.487. The summed E-state index contributed by atoms with van der Waals surface area (Å²) in [5, 5.41) is 0. The smallest absolute Gasteiger partial charge is 0.123 e. The highest BCUT2D eigenvalue weighted by Gasteiger charge is 2.20. The molecule has 130 valence electrons. The van der Waals surface area contributed by atoms with E-state index < -0.39 is 0 Å². The number of para-hydroxylation sites is 1. The highest BCUT2D eigenvalue weighted by atomic mass is 19.1. The van der Waals surface area contributed by atoms with Crippen molar-refractivity contribution in [1.82, 2.24) is 9.55 Å². The molecule has 0 aliphatic carbocycles. The van der Waals surface area contributed by atoms with Crippen LogP contribution in [0.15, 0.2) is 90.2 Å². The van der Waals surface area contributed by atoms with E-state index >= 15 is 0 Å². The van der Waals surface area contributed by atoms with Crippen LogP contribution < -0.4 is 0 Å². The van der Waals surface area contributed by atoms with Crippen LogP contribution in [-0.4, -0.2) is 15.8 Å². The van der Waals surface area contributed by atoms with E-state index in [-0.39, 0.29) is 11.9 Å². The van der Waals surface area contributed by atoms with Crippen LogP contribution in [0.25, 0.3) is 22.3 Å². The van der Waals surface area contributed by atoms with Gasteiger partial charge in [0.2, 0.25) is 0 Å². The summed E-state index contributed by atoms with van der Waals surface area (Å²) in [5.41, 5.74) is 6.23. The number of imidazole rings is 1. The average Bonchev–Trinajstić information content (AvgIpc) is 3.36. The lowest BCUT2D eigenvalue weighted by Gasteiger charge is -2.14. The van der Waals surface area contributed by atoms with Crippen molar-refractivity contribution in [1.29, 1.82) is 0 Å². The van der Waals surface area contributed by atoms with E-state index in [0.29, 0.717) is 0 Å². The standard InChI is InChI=1S/C23H16FN3/c24-18-9-6-16(7-10-18)23-20(12-13-25-23)17-8-11-21-22(14-17)27(15-26-21)19-4-2-1-3-5-19/h1-15,23H. The Hall–Kier alpha value is -3.53. The van der Waals surface area contributed by atoms with Crippen LogP contribution in [-0.2, 0) is 0 Å². The summed E-state index contributed by atoms with van der Waals surface area (Å²) in [6, 6.07) is 22.8. The molecular weight excluding hydrogens is 337 g/mol. The zero-order valence-electron chi connectivity index (χ0n) is 14.5. The maximum atomic E-state index is 13.3. The molecule has 0 radical (unpaired) electrons. The molecule has 27 heavy (non-hydrogen) atoms. The molecule has 1 aromatic heterocycles. The van der Waals surface area contributed by atoms with Gasteiger partial charge in [0, 0.05) is 11.9 Å². The van der Waals surface area contributed by atoms with Crippen molar-refractivity contribution >= 4 is 22.8 Å². The summed E-state index contributed by atoms with van der Waals surface area (Å²) in [4.78, 5) is 9.10. The van der Waals surface area contributed by atoms with Crippen LogP contribution in [0.3, 0.4) is 0 Å². The second-order valence-corrected chi connectivity index (χ2v) is 6.53. The van der Waals surface area contributed by atoms with Crippen molar-refractivity contribution in [2.24, 2.45) is 4.99 Å². The van der Waals surface area contributed by atoms with Crippen LogP contribution >= 0.6 is 0 Å². The van der Waals surface area contributed by atoms with E-state index in [9.17, 15) is 4.39 Å². The van der Waals surface area contributed by atoms with Crippen molar-refractivity contribution in [3.63, 3.8) is 0 Å². The molecule has 2 heterocycles. The lowest BCUT2D eigenvalue weighted by atomic mass is 9.94. The van der Waals surface area contributed by atoms with Gasteiger partial charge >= 0.3 is 0 Å². The molecular formula is C23H16FN3. The number of allylic oxidation sites excluding steroid dienone is 1. The zero-order chi connectivity index (χ0) is 18.2. The summed E-state index contributed by atoms with van der Waals surface area (Å²) in [6.45, 7) is 0. The van der Waals surface area contributed by atoms with Gasteiger partial charge in [0.05, 0.1) is 11.0 Å². The van der Waals surface area contributed by atoms with Crippen molar-refractivity contribution in [2.45, 2.75) is 6.04 Å². The molecule has 1 unspecified atom stereocenters. The predicted octanol–water partition coefficient (Wildman–Crippen LogP) is 5.37. The van der Waals surface area contributed by atoms with Gasteiger partial charge in [-0.3, -0.25) is 9.56 Å². The van der Waals surface area contributed by atoms with Gasteiger partial charge in [-0.2, -0.15) is 0 Å². The van der Waals surface area contributed by atoms with E-state index in [1.165, 1.54) is 12.1 Å². The van der Waals surface area contributed by atoms with E-state index in [2.05, 4.69) is 38.8 Å². The molecule has 0 N–H and O–H groups in total. The topological polar surface area (TPSA) is 30.2 Å². The predicted molar refractivity (Wildman–Crippen MR) is 107 cm³/mol.